The van der Waals surface area contributed by atoms with Crippen molar-refractivity contribution < 1.29 is 14.3 Å². The van der Waals surface area contributed by atoms with Crippen LogP contribution >= 0.6 is 0 Å². The highest BCUT2D eigenvalue weighted by Crippen LogP contribution is 2.20. The minimum Gasteiger partial charge on any atom is -0.464 e. The van der Waals surface area contributed by atoms with Crippen molar-refractivity contribution in [1.82, 2.24) is 9.78 Å². The van der Waals surface area contributed by atoms with Crippen molar-refractivity contribution in [1.29, 1.82) is 0 Å². The summed E-state index contributed by atoms with van der Waals surface area (Å²) in [5, 5.41) is 6.73. The third-order valence-corrected chi connectivity index (χ3v) is 3.19. The van der Waals surface area contributed by atoms with E-state index in [9.17, 15) is 9.59 Å². The van der Waals surface area contributed by atoms with Crippen LogP contribution in [-0.4, -0.2) is 28.8 Å². The van der Waals surface area contributed by atoms with Gasteiger partial charge in [-0.25, -0.2) is 4.79 Å². The summed E-state index contributed by atoms with van der Waals surface area (Å²) in [5.41, 5.74) is 2.02. The number of amides is 1. The molecule has 1 N–H and O–H groups in total. The minimum atomic E-state index is -0.592. The first-order valence-corrected chi connectivity index (χ1v) is 6.69. The number of nitrogens with one attached hydrogen (secondary N) is 1. The Labute approximate surface area is 128 Å². The predicted octanol–water partition coefficient (Wildman–Crippen LogP) is 2.17. The fourth-order valence-corrected chi connectivity index (χ4v) is 1.90. The second kappa shape index (κ2) is 6.71. The second-order valence-electron chi connectivity index (χ2n) is 4.66. The molecule has 0 fully saturated rings. The van der Waals surface area contributed by atoms with E-state index in [-0.39, 0.29) is 11.6 Å². The first-order chi connectivity index (χ1) is 10.5. The quantitative estimate of drug-likeness (QED) is 0.693. The molecule has 2 rings (SSSR count). The number of aryl methyl sites for hydroxylation is 1. The summed E-state index contributed by atoms with van der Waals surface area (Å²) in [5.74, 6) is -0.934. The minimum absolute atomic E-state index is 0.0870. The van der Waals surface area contributed by atoms with Crippen molar-refractivity contribution in [3.05, 3.63) is 53.4 Å². The molecule has 0 aliphatic heterocycles. The standard InChI is InChI=1S/C16H17N3O3/c1-11-14(15(16(21)22-3)18-19(11)2)17-13(20)10-9-12-7-5-4-6-8-12/h4-10H,1-3H3,(H,17,20)/b10-9+. The Kier molecular flexibility index (Phi) is 4.73. The van der Waals surface area contributed by atoms with Crippen LogP contribution in [0.25, 0.3) is 6.08 Å². The smallest absolute Gasteiger partial charge is 0.360 e. The molecule has 0 spiro atoms. The van der Waals surface area contributed by atoms with E-state index in [1.165, 1.54) is 17.9 Å². The monoisotopic (exact) mass is 299 g/mol. The number of nitrogens with zero attached hydrogens (tertiary/aromatic N) is 2. The van der Waals surface area contributed by atoms with Crippen LogP contribution in [0.1, 0.15) is 21.7 Å². The van der Waals surface area contributed by atoms with E-state index in [2.05, 4.69) is 15.2 Å². The van der Waals surface area contributed by atoms with Crippen LogP contribution in [-0.2, 0) is 16.6 Å². The number of carbonyl (C=O) groups is 2. The maximum atomic E-state index is 12.0. The van der Waals surface area contributed by atoms with Crippen LogP contribution in [0.4, 0.5) is 5.69 Å². The number of benzene rings is 1. The SMILES string of the molecule is COC(=O)c1nn(C)c(C)c1NC(=O)/C=C/c1ccccc1. The Bertz CT molecular complexity index is 718. The highest BCUT2D eigenvalue weighted by molar-refractivity contribution is 6.06. The van der Waals surface area contributed by atoms with Crippen molar-refractivity contribution in [3.8, 4) is 0 Å². The fraction of sp³-hybridized carbons (Fsp3) is 0.188. The van der Waals surface area contributed by atoms with Crippen molar-refractivity contribution in [2.75, 3.05) is 12.4 Å². The number of hydrogen-bond donors (Lipinski definition) is 1. The van der Waals surface area contributed by atoms with Gasteiger partial charge >= 0.3 is 5.97 Å². The van der Waals surface area contributed by atoms with E-state index in [0.29, 0.717) is 11.4 Å². The summed E-state index contributed by atoms with van der Waals surface area (Å²) in [6.45, 7) is 1.76. The zero-order valence-corrected chi connectivity index (χ0v) is 12.7. The average Bonchev–Trinajstić information content (AvgIpc) is 2.81. The number of ether oxygens (including phenoxy) is 1. The van der Waals surface area contributed by atoms with Crippen LogP contribution in [0.3, 0.4) is 0 Å². The van der Waals surface area contributed by atoms with Crippen molar-refractivity contribution in [2.45, 2.75) is 6.92 Å². The van der Waals surface area contributed by atoms with Gasteiger partial charge in [0.1, 0.15) is 0 Å². The van der Waals surface area contributed by atoms with E-state index < -0.39 is 5.97 Å². The Morgan fingerprint density at radius 2 is 1.95 bits per heavy atom. The summed E-state index contributed by atoms with van der Waals surface area (Å²) in [6.07, 6.45) is 3.10. The molecule has 2 aromatic rings. The lowest BCUT2D eigenvalue weighted by Gasteiger charge is -2.03. The number of aromatic nitrogens is 2. The Hall–Kier alpha value is -2.89. The summed E-state index contributed by atoms with van der Waals surface area (Å²) in [4.78, 5) is 23.7. The van der Waals surface area contributed by atoms with Crippen LogP contribution in [0.2, 0.25) is 0 Å². The van der Waals surface area contributed by atoms with Crippen LogP contribution in [0.5, 0.6) is 0 Å². The van der Waals surface area contributed by atoms with Gasteiger partial charge in [0.25, 0.3) is 0 Å². The fourth-order valence-electron chi connectivity index (χ4n) is 1.90. The summed E-state index contributed by atoms with van der Waals surface area (Å²) < 4.78 is 6.19. The summed E-state index contributed by atoms with van der Waals surface area (Å²) in [7, 11) is 2.96. The Morgan fingerprint density at radius 3 is 2.59 bits per heavy atom. The van der Waals surface area contributed by atoms with Crippen LogP contribution in [0.15, 0.2) is 36.4 Å². The Balaban J connectivity index is 2.18. The highest BCUT2D eigenvalue weighted by Gasteiger charge is 2.21. The zero-order valence-electron chi connectivity index (χ0n) is 12.7. The number of hydrogen-bond acceptors (Lipinski definition) is 4. The molecule has 0 saturated heterocycles. The molecular formula is C16H17N3O3. The van der Waals surface area contributed by atoms with Gasteiger partial charge in [-0.15, -0.1) is 0 Å². The van der Waals surface area contributed by atoms with Crippen molar-refractivity contribution >= 4 is 23.6 Å². The van der Waals surface area contributed by atoms with E-state index in [4.69, 9.17) is 0 Å². The van der Waals surface area contributed by atoms with E-state index in [1.54, 1.807) is 20.0 Å². The van der Waals surface area contributed by atoms with Crippen molar-refractivity contribution in [2.24, 2.45) is 7.05 Å². The maximum Gasteiger partial charge on any atom is 0.360 e. The molecule has 0 saturated carbocycles. The van der Waals surface area contributed by atoms with Gasteiger partial charge in [0.15, 0.2) is 5.69 Å². The van der Waals surface area contributed by atoms with Crippen LogP contribution < -0.4 is 5.32 Å². The molecule has 114 valence electrons. The van der Waals surface area contributed by atoms with E-state index in [1.807, 2.05) is 30.3 Å². The molecule has 0 aliphatic rings. The maximum absolute atomic E-state index is 12.0. The van der Waals surface area contributed by atoms with Crippen LogP contribution in [0, 0.1) is 6.92 Å². The third-order valence-electron chi connectivity index (χ3n) is 3.19. The van der Waals surface area contributed by atoms with Gasteiger partial charge in [0.2, 0.25) is 5.91 Å². The molecule has 0 radical (unpaired) electrons. The lowest BCUT2D eigenvalue weighted by molar-refractivity contribution is -0.111. The summed E-state index contributed by atoms with van der Waals surface area (Å²) in [6, 6.07) is 9.45. The summed E-state index contributed by atoms with van der Waals surface area (Å²) >= 11 is 0. The molecule has 0 unspecified atom stereocenters. The van der Waals surface area contributed by atoms with Gasteiger partial charge in [0.05, 0.1) is 18.5 Å². The molecule has 1 aromatic carbocycles. The zero-order chi connectivity index (χ0) is 16.1. The van der Waals surface area contributed by atoms with Gasteiger partial charge in [-0.1, -0.05) is 30.3 Å². The molecule has 6 heteroatoms. The second-order valence-corrected chi connectivity index (χ2v) is 4.66. The van der Waals surface area contributed by atoms with Gasteiger partial charge < -0.3 is 10.1 Å². The lowest BCUT2D eigenvalue weighted by atomic mass is 10.2. The molecule has 1 aromatic heterocycles. The third kappa shape index (κ3) is 3.41. The topological polar surface area (TPSA) is 73.2 Å². The number of anilines is 1. The van der Waals surface area contributed by atoms with Gasteiger partial charge in [0, 0.05) is 13.1 Å². The molecule has 1 amide bonds. The largest absolute Gasteiger partial charge is 0.464 e. The number of esters is 1. The average molecular weight is 299 g/mol. The first kappa shape index (κ1) is 15.5. The van der Waals surface area contributed by atoms with Gasteiger partial charge in [-0.2, -0.15) is 5.10 Å². The molecular weight excluding hydrogens is 282 g/mol. The molecule has 0 atom stereocenters. The van der Waals surface area contributed by atoms with E-state index >= 15 is 0 Å². The number of methoxy groups -OCH3 is 1. The van der Waals surface area contributed by atoms with Crippen molar-refractivity contribution in [3.63, 3.8) is 0 Å². The molecule has 1 heterocycles. The Morgan fingerprint density at radius 1 is 1.27 bits per heavy atom. The van der Waals surface area contributed by atoms with E-state index in [0.717, 1.165) is 5.56 Å². The van der Waals surface area contributed by atoms with Gasteiger partial charge in [-0.05, 0) is 18.6 Å². The predicted molar refractivity (Wildman–Crippen MR) is 83.4 cm³/mol. The highest BCUT2D eigenvalue weighted by atomic mass is 16.5. The van der Waals surface area contributed by atoms with Gasteiger partial charge in [-0.3, -0.25) is 9.48 Å². The number of rotatable bonds is 4. The molecule has 0 aliphatic carbocycles. The molecule has 22 heavy (non-hydrogen) atoms. The lowest BCUT2D eigenvalue weighted by Crippen LogP contribution is -2.12. The molecule has 6 nitrogen and oxygen atoms in total. The first-order valence-electron chi connectivity index (χ1n) is 6.69. The number of carbonyl (C=O) groups excluding carboxylic acids is 2. The normalized spacial score (nSPS) is 10.7. The molecule has 0 bridgehead atoms.